The molecule has 0 amide bonds. The van der Waals surface area contributed by atoms with Crippen molar-refractivity contribution < 1.29 is 14.8 Å². The minimum Gasteiger partial charge on any atom is -0.480 e. The van der Waals surface area contributed by atoms with Crippen LogP contribution in [0.1, 0.15) is 31.9 Å². The first-order chi connectivity index (χ1) is 14.6. The van der Waals surface area contributed by atoms with E-state index in [1.165, 1.54) is 17.7 Å². The monoisotopic (exact) mass is 416 g/mol. The van der Waals surface area contributed by atoms with E-state index < -0.39 is 16.9 Å². The van der Waals surface area contributed by atoms with Crippen molar-refractivity contribution in [2.75, 3.05) is 4.90 Å². The van der Waals surface area contributed by atoms with Crippen molar-refractivity contribution in [2.45, 2.75) is 38.6 Å². The lowest BCUT2D eigenvalue weighted by atomic mass is 9.86. The zero-order valence-electron chi connectivity index (χ0n) is 17.7. The van der Waals surface area contributed by atoms with E-state index in [1.54, 1.807) is 17.0 Å². The Balaban J connectivity index is 1.70. The number of carboxylic acids is 1. The van der Waals surface area contributed by atoms with Crippen LogP contribution in [0.2, 0.25) is 0 Å². The Bertz CT molecular complexity index is 1150. The summed E-state index contributed by atoms with van der Waals surface area (Å²) in [5.41, 5.74) is 5.82. The van der Waals surface area contributed by atoms with Crippen molar-refractivity contribution in [1.29, 1.82) is 0 Å². The molecule has 6 heteroatoms. The molecule has 3 aromatic carbocycles. The number of nitro groups is 1. The Morgan fingerprint density at radius 3 is 2.16 bits per heavy atom. The highest BCUT2D eigenvalue weighted by atomic mass is 16.6. The third-order valence-electron chi connectivity index (χ3n) is 5.77. The molecule has 0 saturated heterocycles. The van der Waals surface area contributed by atoms with Crippen LogP contribution in [0, 0.1) is 10.1 Å². The average Bonchev–Trinajstić information content (AvgIpc) is 3.12. The largest absolute Gasteiger partial charge is 0.480 e. The van der Waals surface area contributed by atoms with E-state index in [0.29, 0.717) is 12.1 Å². The van der Waals surface area contributed by atoms with E-state index in [1.807, 2.05) is 18.2 Å². The fourth-order valence-electron chi connectivity index (χ4n) is 4.05. The number of anilines is 2. The Morgan fingerprint density at radius 2 is 1.61 bits per heavy atom. The number of benzene rings is 3. The number of carbonyl (C=O) groups is 1. The fraction of sp³-hybridized carbons (Fsp3) is 0.240. The molecule has 1 unspecified atom stereocenters. The van der Waals surface area contributed by atoms with Gasteiger partial charge in [-0.2, -0.15) is 0 Å². The van der Waals surface area contributed by atoms with Gasteiger partial charge in [0, 0.05) is 29.9 Å². The molecule has 31 heavy (non-hydrogen) atoms. The molecular weight excluding hydrogens is 392 g/mol. The van der Waals surface area contributed by atoms with Gasteiger partial charge in [-0.05, 0) is 51.9 Å². The lowest BCUT2D eigenvalue weighted by molar-refractivity contribution is -0.384. The molecule has 0 bridgehead atoms. The van der Waals surface area contributed by atoms with E-state index in [4.69, 9.17) is 0 Å². The van der Waals surface area contributed by atoms with Gasteiger partial charge in [0.2, 0.25) is 0 Å². The zero-order chi connectivity index (χ0) is 22.3. The first-order valence-corrected chi connectivity index (χ1v) is 10.2. The van der Waals surface area contributed by atoms with Crippen molar-refractivity contribution in [3.8, 4) is 11.1 Å². The number of aliphatic carboxylic acids is 1. The van der Waals surface area contributed by atoms with Crippen LogP contribution in [0.5, 0.6) is 0 Å². The highest BCUT2D eigenvalue weighted by Gasteiger charge is 2.35. The Hall–Kier alpha value is -3.67. The van der Waals surface area contributed by atoms with Crippen LogP contribution in [0.15, 0.2) is 66.7 Å². The summed E-state index contributed by atoms with van der Waals surface area (Å²) in [6.45, 7) is 6.53. The van der Waals surface area contributed by atoms with Gasteiger partial charge in [-0.1, -0.05) is 51.1 Å². The van der Waals surface area contributed by atoms with E-state index in [9.17, 15) is 20.0 Å². The predicted octanol–water partition coefficient (Wildman–Crippen LogP) is 5.71. The molecule has 0 aromatic heterocycles. The smallest absolute Gasteiger partial charge is 0.327 e. The summed E-state index contributed by atoms with van der Waals surface area (Å²) in [6.07, 6.45) is 0.371. The van der Waals surface area contributed by atoms with Crippen LogP contribution >= 0.6 is 0 Å². The molecule has 1 atom stereocenters. The third-order valence-corrected chi connectivity index (χ3v) is 5.77. The van der Waals surface area contributed by atoms with Crippen molar-refractivity contribution >= 4 is 23.0 Å². The van der Waals surface area contributed by atoms with E-state index >= 15 is 0 Å². The summed E-state index contributed by atoms with van der Waals surface area (Å²) in [4.78, 5) is 24.2. The maximum atomic E-state index is 12.0. The number of non-ortho nitro benzene ring substituents is 1. The minimum atomic E-state index is -0.925. The molecule has 1 aliphatic rings. The molecule has 3 aromatic rings. The Morgan fingerprint density at radius 1 is 1.00 bits per heavy atom. The molecule has 0 saturated carbocycles. The number of rotatable bonds is 4. The second-order valence-electron chi connectivity index (χ2n) is 8.87. The number of nitrogens with zero attached hydrogens (tertiary/aromatic N) is 2. The lowest BCUT2D eigenvalue weighted by Crippen LogP contribution is -2.35. The molecule has 1 heterocycles. The number of carboxylic acid groups (broad SMARTS) is 1. The Kier molecular flexibility index (Phi) is 5.01. The van der Waals surface area contributed by atoms with Crippen LogP contribution in [0.4, 0.5) is 17.1 Å². The van der Waals surface area contributed by atoms with Crippen molar-refractivity contribution in [3.05, 3.63) is 88.0 Å². The second-order valence-corrected chi connectivity index (χ2v) is 8.87. The second kappa shape index (κ2) is 7.54. The molecular formula is C25H24N2O4. The molecule has 6 nitrogen and oxygen atoms in total. The minimum absolute atomic E-state index is 0.0240. The van der Waals surface area contributed by atoms with Crippen LogP contribution in [-0.2, 0) is 16.6 Å². The molecule has 1 N–H and O–H groups in total. The average molecular weight is 416 g/mol. The summed E-state index contributed by atoms with van der Waals surface area (Å²) in [5.74, 6) is -0.925. The van der Waals surface area contributed by atoms with Crippen LogP contribution in [0.3, 0.4) is 0 Å². The van der Waals surface area contributed by atoms with E-state index in [-0.39, 0.29) is 11.1 Å². The molecule has 158 valence electrons. The molecule has 0 fully saturated rings. The summed E-state index contributed by atoms with van der Waals surface area (Å²) in [5, 5.41) is 20.8. The SMILES string of the molecule is CC(C)(C)c1ccc(-c2ccc3c(c2)CC(C(=O)O)N3c2ccc([N+](=O)[O-])cc2)cc1. The van der Waals surface area contributed by atoms with Crippen molar-refractivity contribution in [3.63, 3.8) is 0 Å². The van der Waals surface area contributed by atoms with Crippen LogP contribution < -0.4 is 4.90 Å². The summed E-state index contributed by atoms with van der Waals surface area (Å²) in [6, 6.07) is 19.7. The van der Waals surface area contributed by atoms with Gasteiger partial charge in [0.25, 0.3) is 5.69 Å². The summed E-state index contributed by atoms with van der Waals surface area (Å²) < 4.78 is 0. The number of nitro benzene ring substituents is 1. The standard InChI is InChI=1S/C25H24N2O4/c1-25(2,3)19-7-4-16(5-8-19)17-6-13-22-18(14-17)15-23(24(28)29)26(22)20-9-11-21(12-10-20)27(30)31/h4-14,23H,15H2,1-3H3,(H,28,29). The fourth-order valence-corrected chi connectivity index (χ4v) is 4.05. The van der Waals surface area contributed by atoms with Crippen molar-refractivity contribution in [1.82, 2.24) is 0 Å². The van der Waals surface area contributed by atoms with Gasteiger partial charge < -0.3 is 10.0 Å². The first kappa shape index (κ1) is 20.6. The number of fused-ring (bicyclic) bond motifs is 1. The van der Waals surface area contributed by atoms with Gasteiger partial charge in [-0.3, -0.25) is 10.1 Å². The maximum Gasteiger partial charge on any atom is 0.327 e. The first-order valence-electron chi connectivity index (χ1n) is 10.2. The highest BCUT2D eigenvalue weighted by Crippen LogP contribution is 2.41. The highest BCUT2D eigenvalue weighted by molar-refractivity contribution is 5.88. The molecule has 0 aliphatic carbocycles. The maximum absolute atomic E-state index is 12.0. The lowest BCUT2D eigenvalue weighted by Gasteiger charge is -2.24. The van der Waals surface area contributed by atoms with E-state index in [0.717, 1.165) is 22.4 Å². The Labute approximate surface area is 180 Å². The van der Waals surface area contributed by atoms with Gasteiger partial charge in [-0.15, -0.1) is 0 Å². The molecule has 0 spiro atoms. The quantitative estimate of drug-likeness (QED) is 0.435. The van der Waals surface area contributed by atoms with Gasteiger partial charge >= 0.3 is 5.97 Å². The zero-order valence-corrected chi connectivity index (χ0v) is 17.7. The summed E-state index contributed by atoms with van der Waals surface area (Å²) >= 11 is 0. The van der Waals surface area contributed by atoms with Gasteiger partial charge in [-0.25, -0.2) is 4.79 Å². The van der Waals surface area contributed by atoms with Crippen LogP contribution in [0.25, 0.3) is 11.1 Å². The predicted molar refractivity (Wildman–Crippen MR) is 121 cm³/mol. The topological polar surface area (TPSA) is 83.7 Å². The van der Waals surface area contributed by atoms with E-state index in [2.05, 4.69) is 45.0 Å². The van der Waals surface area contributed by atoms with Crippen molar-refractivity contribution in [2.24, 2.45) is 0 Å². The third kappa shape index (κ3) is 3.89. The summed E-state index contributed by atoms with van der Waals surface area (Å²) in [7, 11) is 0. The molecule has 4 rings (SSSR count). The molecule has 1 aliphatic heterocycles. The molecule has 0 radical (unpaired) electrons. The normalized spacial score (nSPS) is 15.6. The van der Waals surface area contributed by atoms with Gasteiger partial charge in [0.15, 0.2) is 0 Å². The van der Waals surface area contributed by atoms with Gasteiger partial charge in [0.1, 0.15) is 6.04 Å². The number of hydrogen-bond acceptors (Lipinski definition) is 4. The van der Waals surface area contributed by atoms with Crippen LogP contribution in [-0.4, -0.2) is 22.0 Å². The number of hydrogen-bond donors (Lipinski definition) is 1. The van der Waals surface area contributed by atoms with Gasteiger partial charge in [0.05, 0.1) is 4.92 Å².